The van der Waals surface area contributed by atoms with Gasteiger partial charge < -0.3 is 4.42 Å². The zero-order valence-corrected chi connectivity index (χ0v) is 17.9. The normalized spacial score (nSPS) is 18.9. The van der Waals surface area contributed by atoms with E-state index in [1.54, 1.807) is 10.9 Å². The Labute approximate surface area is 173 Å². The Morgan fingerprint density at radius 3 is 2.76 bits per heavy atom. The van der Waals surface area contributed by atoms with Crippen molar-refractivity contribution < 1.29 is 12.8 Å². The van der Waals surface area contributed by atoms with E-state index in [0.717, 1.165) is 24.8 Å². The summed E-state index contributed by atoms with van der Waals surface area (Å²) in [5.74, 6) is -0.531. The van der Waals surface area contributed by atoms with Crippen molar-refractivity contribution in [3.8, 4) is 0 Å². The highest BCUT2D eigenvalue weighted by molar-refractivity contribution is 7.89. The largest absolute Gasteiger partial charge is 0.419 e. The third-order valence-electron chi connectivity index (χ3n) is 5.44. The van der Waals surface area contributed by atoms with E-state index in [9.17, 15) is 13.2 Å². The van der Waals surface area contributed by atoms with Crippen LogP contribution in [0.3, 0.4) is 0 Å². The molecule has 2 aromatic heterocycles. The van der Waals surface area contributed by atoms with E-state index in [0.29, 0.717) is 25.0 Å². The van der Waals surface area contributed by atoms with Gasteiger partial charge in [-0.1, -0.05) is 24.4 Å². The molecule has 1 aliphatic rings. The highest BCUT2D eigenvalue weighted by Crippen LogP contribution is 2.37. The smallest absolute Gasteiger partial charge is 0.408 e. The maximum atomic E-state index is 13.6. The predicted octanol–water partition coefficient (Wildman–Crippen LogP) is 3.31. The second-order valence-corrected chi connectivity index (χ2v) is 9.56. The molecule has 8 nitrogen and oxygen atoms in total. The van der Waals surface area contributed by atoms with Crippen LogP contribution in [0.5, 0.6) is 0 Å². The number of aryl methyl sites for hydroxylation is 2. The van der Waals surface area contributed by atoms with E-state index in [1.165, 1.54) is 21.0 Å². The van der Waals surface area contributed by atoms with Gasteiger partial charge in [-0.15, -0.1) is 0 Å². The SMILES string of the molecule is CCn1c(=O)oc2cc(S(=O)(=O)N3CCCCC[C@@H]3c3cnn(C)c3)c(Cl)cc21. The number of halogens is 1. The summed E-state index contributed by atoms with van der Waals surface area (Å²) < 4.78 is 37.2. The summed E-state index contributed by atoms with van der Waals surface area (Å²) in [5.41, 5.74) is 1.56. The minimum absolute atomic E-state index is 0.0422. The molecule has 1 atom stereocenters. The molecular weight excluding hydrogens is 416 g/mol. The number of hydrogen-bond acceptors (Lipinski definition) is 5. The van der Waals surface area contributed by atoms with Gasteiger partial charge in [0.05, 0.1) is 22.8 Å². The van der Waals surface area contributed by atoms with Crippen molar-refractivity contribution in [2.24, 2.45) is 7.05 Å². The molecule has 0 N–H and O–H groups in total. The lowest BCUT2D eigenvalue weighted by atomic mass is 10.1. The first kappa shape index (κ1) is 20.2. The molecule has 0 bridgehead atoms. The Bertz CT molecular complexity index is 1210. The predicted molar refractivity (Wildman–Crippen MR) is 109 cm³/mol. The van der Waals surface area contributed by atoms with Crippen LogP contribution < -0.4 is 5.76 Å². The summed E-state index contributed by atoms with van der Waals surface area (Å²) in [6.45, 7) is 2.62. The maximum absolute atomic E-state index is 13.6. The van der Waals surface area contributed by atoms with E-state index >= 15 is 0 Å². The summed E-state index contributed by atoms with van der Waals surface area (Å²) in [6.07, 6.45) is 6.95. The first-order valence-electron chi connectivity index (χ1n) is 9.66. The lowest BCUT2D eigenvalue weighted by Crippen LogP contribution is -2.35. The number of rotatable bonds is 4. The molecule has 0 amide bonds. The van der Waals surface area contributed by atoms with Crippen LogP contribution >= 0.6 is 11.6 Å². The van der Waals surface area contributed by atoms with Gasteiger partial charge >= 0.3 is 5.76 Å². The van der Waals surface area contributed by atoms with Gasteiger partial charge in [-0.3, -0.25) is 9.25 Å². The van der Waals surface area contributed by atoms with Crippen molar-refractivity contribution in [2.45, 2.75) is 50.1 Å². The van der Waals surface area contributed by atoms with Gasteiger partial charge in [-0.25, -0.2) is 13.2 Å². The zero-order chi connectivity index (χ0) is 20.8. The summed E-state index contributed by atoms with van der Waals surface area (Å²) in [7, 11) is -2.10. The third-order valence-corrected chi connectivity index (χ3v) is 7.81. The quantitative estimate of drug-likeness (QED) is 0.623. The number of fused-ring (bicyclic) bond motifs is 1. The van der Waals surface area contributed by atoms with Crippen LogP contribution in [0.1, 0.15) is 44.2 Å². The Balaban J connectivity index is 1.83. The minimum Gasteiger partial charge on any atom is -0.408 e. The van der Waals surface area contributed by atoms with Crippen LogP contribution in [0.4, 0.5) is 0 Å². The number of nitrogens with zero attached hydrogens (tertiary/aromatic N) is 4. The fourth-order valence-electron chi connectivity index (χ4n) is 4.00. The number of hydrogen-bond donors (Lipinski definition) is 0. The molecule has 0 aliphatic carbocycles. The van der Waals surface area contributed by atoms with Crippen molar-refractivity contribution >= 4 is 32.7 Å². The van der Waals surface area contributed by atoms with Crippen molar-refractivity contribution in [1.82, 2.24) is 18.7 Å². The average molecular weight is 439 g/mol. The molecule has 3 aromatic rings. The van der Waals surface area contributed by atoms with Crippen LogP contribution in [-0.4, -0.2) is 33.6 Å². The molecule has 29 heavy (non-hydrogen) atoms. The number of aromatic nitrogens is 3. The van der Waals surface area contributed by atoms with Gasteiger partial charge in [0, 0.05) is 38.0 Å². The molecule has 1 aliphatic heterocycles. The van der Waals surface area contributed by atoms with E-state index in [1.807, 2.05) is 20.2 Å². The lowest BCUT2D eigenvalue weighted by Gasteiger charge is -2.28. The van der Waals surface area contributed by atoms with Gasteiger partial charge in [0.1, 0.15) is 4.90 Å². The number of oxazole rings is 1. The maximum Gasteiger partial charge on any atom is 0.419 e. The molecule has 0 unspecified atom stereocenters. The molecule has 0 radical (unpaired) electrons. The topological polar surface area (TPSA) is 90.3 Å². The zero-order valence-electron chi connectivity index (χ0n) is 16.3. The summed E-state index contributed by atoms with van der Waals surface area (Å²) in [6, 6.07) is 2.55. The fraction of sp³-hybridized carbons (Fsp3) is 0.474. The number of sulfonamides is 1. The van der Waals surface area contributed by atoms with E-state index < -0.39 is 15.8 Å². The summed E-state index contributed by atoms with van der Waals surface area (Å²) >= 11 is 6.40. The fourth-order valence-corrected chi connectivity index (χ4v) is 6.20. The summed E-state index contributed by atoms with van der Waals surface area (Å²) in [5, 5.41) is 4.29. The molecule has 0 spiro atoms. The van der Waals surface area contributed by atoms with Crippen LogP contribution in [0.15, 0.2) is 38.6 Å². The van der Waals surface area contributed by atoms with Crippen LogP contribution in [0.2, 0.25) is 5.02 Å². The standard InChI is InChI=1S/C19H23ClN4O4S/c1-3-23-16-9-14(20)18(10-17(16)28-19(23)25)29(26,27)24-8-6-4-5-7-15(24)13-11-21-22(2)12-13/h9-12,15H,3-8H2,1-2H3/t15-/m1/s1. The van der Waals surface area contributed by atoms with E-state index in [2.05, 4.69) is 5.10 Å². The van der Waals surface area contributed by atoms with Crippen LogP contribution in [0, 0.1) is 0 Å². The van der Waals surface area contributed by atoms with Gasteiger partial charge in [0.2, 0.25) is 10.0 Å². The number of benzene rings is 1. The second kappa shape index (κ2) is 7.62. The lowest BCUT2D eigenvalue weighted by molar-refractivity contribution is 0.329. The Morgan fingerprint density at radius 2 is 2.07 bits per heavy atom. The molecule has 4 rings (SSSR count). The monoisotopic (exact) mass is 438 g/mol. The molecule has 3 heterocycles. The van der Waals surface area contributed by atoms with Crippen molar-refractivity contribution in [3.63, 3.8) is 0 Å². The van der Waals surface area contributed by atoms with E-state index in [4.69, 9.17) is 16.0 Å². The van der Waals surface area contributed by atoms with Crippen LogP contribution in [-0.2, 0) is 23.6 Å². The molecule has 1 fully saturated rings. The van der Waals surface area contributed by atoms with Gasteiger partial charge in [0.15, 0.2) is 5.58 Å². The van der Waals surface area contributed by atoms with E-state index in [-0.39, 0.29) is 21.5 Å². The highest BCUT2D eigenvalue weighted by atomic mass is 35.5. The third kappa shape index (κ3) is 3.51. The molecule has 1 aromatic carbocycles. The van der Waals surface area contributed by atoms with Gasteiger partial charge in [0.25, 0.3) is 0 Å². The first-order valence-corrected chi connectivity index (χ1v) is 11.5. The van der Waals surface area contributed by atoms with Gasteiger partial charge in [-0.2, -0.15) is 9.40 Å². The minimum atomic E-state index is -3.91. The highest BCUT2D eigenvalue weighted by Gasteiger charge is 2.35. The first-order chi connectivity index (χ1) is 13.8. The Morgan fingerprint density at radius 1 is 1.28 bits per heavy atom. The van der Waals surface area contributed by atoms with Gasteiger partial charge in [-0.05, 0) is 25.8 Å². The molecule has 1 saturated heterocycles. The van der Waals surface area contributed by atoms with Crippen molar-refractivity contribution in [1.29, 1.82) is 0 Å². The van der Waals surface area contributed by atoms with Crippen molar-refractivity contribution in [2.75, 3.05) is 6.54 Å². The summed E-state index contributed by atoms with van der Waals surface area (Å²) in [4.78, 5) is 12.0. The second-order valence-electron chi connectivity index (χ2n) is 7.29. The molecule has 10 heteroatoms. The average Bonchev–Trinajstić information content (AvgIpc) is 3.12. The molecule has 0 saturated carbocycles. The Hall–Kier alpha value is -2.10. The molecule has 156 valence electrons. The van der Waals surface area contributed by atoms with Crippen LogP contribution in [0.25, 0.3) is 11.1 Å². The van der Waals surface area contributed by atoms with Crippen molar-refractivity contribution in [3.05, 3.63) is 45.7 Å². The molecular formula is C19H23ClN4O4S. The Kier molecular flexibility index (Phi) is 5.30.